The Morgan fingerprint density at radius 3 is 2.76 bits per heavy atom. The van der Waals surface area contributed by atoms with E-state index in [0.717, 1.165) is 15.9 Å². The summed E-state index contributed by atoms with van der Waals surface area (Å²) in [5.41, 5.74) is 0.749. The van der Waals surface area contributed by atoms with Gasteiger partial charge in [-0.05, 0) is 27.9 Å². The molecule has 0 aromatic carbocycles. The lowest BCUT2D eigenvalue weighted by atomic mass is 10.2. The SMILES string of the molecule is COCCN(CC(C)C)C(=O)c1csc(Br)c1. The molecule has 1 heterocycles. The van der Waals surface area contributed by atoms with Crippen LogP contribution in [0.4, 0.5) is 0 Å². The fourth-order valence-electron chi connectivity index (χ4n) is 1.52. The quantitative estimate of drug-likeness (QED) is 0.805. The first kappa shape index (κ1) is 14.7. The van der Waals surface area contributed by atoms with Gasteiger partial charge >= 0.3 is 0 Å². The maximum atomic E-state index is 12.3. The molecule has 0 saturated carbocycles. The summed E-state index contributed by atoms with van der Waals surface area (Å²) in [7, 11) is 1.65. The summed E-state index contributed by atoms with van der Waals surface area (Å²) in [6.07, 6.45) is 0. The highest BCUT2D eigenvalue weighted by molar-refractivity contribution is 9.11. The van der Waals surface area contributed by atoms with Crippen LogP contribution in [0.15, 0.2) is 15.2 Å². The van der Waals surface area contributed by atoms with Crippen molar-refractivity contribution in [2.45, 2.75) is 13.8 Å². The normalized spacial score (nSPS) is 10.9. The van der Waals surface area contributed by atoms with Gasteiger partial charge in [-0.25, -0.2) is 0 Å². The van der Waals surface area contributed by atoms with Gasteiger partial charge in [0.05, 0.1) is 16.0 Å². The minimum absolute atomic E-state index is 0.0812. The van der Waals surface area contributed by atoms with E-state index in [1.54, 1.807) is 7.11 Å². The van der Waals surface area contributed by atoms with Crippen LogP contribution in [0.1, 0.15) is 24.2 Å². The Morgan fingerprint density at radius 1 is 1.59 bits per heavy atom. The average Bonchev–Trinajstić information content (AvgIpc) is 2.69. The lowest BCUT2D eigenvalue weighted by Gasteiger charge is -2.23. The van der Waals surface area contributed by atoms with Gasteiger partial charge in [-0.3, -0.25) is 4.79 Å². The molecule has 1 aromatic rings. The van der Waals surface area contributed by atoms with E-state index >= 15 is 0 Å². The van der Waals surface area contributed by atoms with Crippen molar-refractivity contribution in [2.75, 3.05) is 26.8 Å². The lowest BCUT2D eigenvalue weighted by Crippen LogP contribution is -2.36. The molecule has 5 heteroatoms. The topological polar surface area (TPSA) is 29.5 Å². The molecule has 1 aromatic heterocycles. The molecule has 0 bridgehead atoms. The van der Waals surface area contributed by atoms with Gasteiger partial charge in [0, 0.05) is 25.6 Å². The first-order valence-electron chi connectivity index (χ1n) is 5.56. The molecule has 0 fully saturated rings. The van der Waals surface area contributed by atoms with Gasteiger partial charge in [-0.2, -0.15) is 0 Å². The molecule has 0 aliphatic carbocycles. The molecule has 0 spiro atoms. The van der Waals surface area contributed by atoms with E-state index < -0.39 is 0 Å². The minimum atomic E-state index is 0.0812. The molecule has 0 radical (unpaired) electrons. The summed E-state index contributed by atoms with van der Waals surface area (Å²) in [5, 5.41) is 1.88. The number of amides is 1. The second-order valence-electron chi connectivity index (χ2n) is 4.28. The van der Waals surface area contributed by atoms with Crippen molar-refractivity contribution < 1.29 is 9.53 Å². The van der Waals surface area contributed by atoms with Crippen molar-refractivity contribution in [3.05, 3.63) is 20.8 Å². The Morgan fingerprint density at radius 2 is 2.29 bits per heavy atom. The number of thiophene rings is 1. The smallest absolute Gasteiger partial charge is 0.254 e. The van der Waals surface area contributed by atoms with Crippen molar-refractivity contribution in [2.24, 2.45) is 5.92 Å². The number of hydrogen-bond acceptors (Lipinski definition) is 3. The molecule has 3 nitrogen and oxygen atoms in total. The van der Waals surface area contributed by atoms with Crippen LogP contribution in [-0.2, 0) is 4.74 Å². The fraction of sp³-hybridized carbons (Fsp3) is 0.583. The zero-order valence-corrected chi connectivity index (χ0v) is 12.8. The zero-order chi connectivity index (χ0) is 12.8. The predicted octanol–water partition coefficient (Wildman–Crippen LogP) is 3.26. The number of rotatable bonds is 6. The molecule has 0 N–H and O–H groups in total. The zero-order valence-electron chi connectivity index (χ0n) is 10.4. The molecule has 0 aliphatic heterocycles. The van der Waals surface area contributed by atoms with Gasteiger partial charge in [0.25, 0.3) is 5.91 Å². The Balaban J connectivity index is 2.71. The summed E-state index contributed by atoms with van der Waals surface area (Å²) < 4.78 is 6.03. The minimum Gasteiger partial charge on any atom is -0.383 e. The van der Waals surface area contributed by atoms with Crippen LogP contribution in [0.3, 0.4) is 0 Å². The van der Waals surface area contributed by atoms with Gasteiger partial charge in [-0.1, -0.05) is 13.8 Å². The molecule has 0 unspecified atom stereocenters. The second-order valence-corrected chi connectivity index (χ2v) is 6.57. The van der Waals surface area contributed by atoms with Crippen LogP contribution >= 0.6 is 27.3 Å². The van der Waals surface area contributed by atoms with Gasteiger partial charge in [0.2, 0.25) is 0 Å². The molecular formula is C12H18BrNO2S. The summed E-state index contributed by atoms with van der Waals surface area (Å²) in [4.78, 5) is 14.1. The highest BCUT2D eigenvalue weighted by Crippen LogP contribution is 2.22. The van der Waals surface area contributed by atoms with Crippen molar-refractivity contribution in [1.82, 2.24) is 4.90 Å². The summed E-state index contributed by atoms with van der Waals surface area (Å²) in [6, 6.07) is 1.87. The highest BCUT2D eigenvalue weighted by atomic mass is 79.9. The maximum Gasteiger partial charge on any atom is 0.254 e. The Hall–Kier alpha value is -0.390. The van der Waals surface area contributed by atoms with Crippen molar-refractivity contribution in [3.8, 4) is 0 Å². The van der Waals surface area contributed by atoms with Gasteiger partial charge < -0.3 is 9.64 Å². The fourth-order valence-corrected chi connectivity index (χ4v) is 2.65. The predicted molar refractivity (Wildman–Crippen MR) is 74.6 cm³/mol. The molecule has 0 aliphatic rings. The number of hydrogen-bond donors (Lipinski definition) is 0. The van der Waals surface area contributed by atoms with E-state index in [-0.39, 0.29) is 5.91 Å². The molecule has 96 valence electrons. The second kappa shape index (κ2) is 7.13. The first-order chi connectivity index (χ1) is 8.04. The molecule has 1 rings (SSSR count). The van der Waals surface area contributed by atoms with Crippen molar-refractivity contribution in [1.29, 1.82) is 0 Å². The van der Waals surface area contributed by atoms with Crippen LogP contribution in [0.2, 0.25) is 0 Å². The Bertz CT molecular complexity index is 365. The van der Waals surface area contributed by atoms with Crippen LogP contribution in [-0.4, -0.2) is 37.6 Å². The van der Waals surface area contributed by atoms with E-state index in [4.69, 9.17) is 4.74 Å². The third-order valence-electron chi connectivity index (χ3n) is 2.25. The van der Waals surface area contributed by atoms with E-state index in [1.165, 1.54) is 11.3 Å². The van der Waals surface area contributed by atoms with E-state index in [9.17, 15) is 4.79 Å². The Labute approximate surface area is 115 Å². The third kappa shape index (κ3) is 4.77. The maximum absolute atomic E-state index is 12.3. The molecule has 0 saturated heterocycles. The number of methoxy groups -OCH3 is 1. The number of carbonyl (C=O) groups is 1. The molecular weight excluding hydrogens is 302 g/mol. The summed E-state index contributed by atoms with van der Waals surface area (Å²) in [6.45, 7) is 6.19. The third-order valence-corrected chi connectivity index (χ3v) is 3.76. The van der Waals surface area contributed by atoms with Crippen molar-refractivity contribution >= 4 is 33.2 Å². The number of halogens is 1. The van der Waals surface area contributed by atoms with Crippen LogP contribution in [0.5, 0.6) is 0 Å². The molecule has 1 amide bonds. The summed E-state index contributed by atoms with van der Waals surface area (Å²) >= 11 is 4.91. The Kier molecular flexibility index (Phi) is 6.16. The summed E-state index contributed by atoms with van der Waals surface area (Å²) in [5.74, 6) is 0.538. The molecule has 0 atom stereocenters. The highest BCUT2D eigenvalue weighted by Gasteiger charge is 2.17. The standard InChI is InChI=1S/C12H18BrNO2S/c1-9(2)7-14(4-5-16-3)12(15)10-6-11(13)17-8-10/h6,8-9H,4-5,7H2,1-3H3. The van der Waals surface area contributed by atoms with Gasteiger partial charge in [0.15, 0.2) is 0 Å². The van der Waals surface area contributed by atoms with E-state index in [2.05, 4.69) is 29.8 Å². The van der Waals surface area contributed by atoms with Gasteiger partial charge in [-0.15, -0.1) is 11.3 Å². The molecule has 17 heavy (non-hydrogen) atoms. The monoisotopic (exact) mass is 319 g/mol. The lowest BCUT2D eigenvalue weighted by molar-refractivity contribution is 0.0673. The van der Waals surface area contributed by atoms with Crippen LogP contribution in [0.25, 0.3) is 0 Å². The first-order valence-corrected chi connectivity index (χ1v) is 7.24. The van der Waals surface area contributed by atoms with Gasteiger partial charge in [0.1, 0.15) is 0 Å². The number of carbonyl (C=O) groups excluding carboxylic acids is 1. The number of nitrogens with zero attached hydrogens (tertiary/aromatic N) is 1. The average molecular weight is 320 g/mol. The number of ether oxygens (including phenoxy) is 1. The van der Waals surface area contributed by atoms with Crippen molar-refractivity contribution in [3.63, 3.8) is 0 Å². The largest absolute Gasteiger partial charge is 0.383 e. The van der Waals surface area contributed by atoms with Crippen LogP contribution in [0, 0.1) is 5.92 Å². The van der Waals surface area contributed by atoms with E-state index in [0.29, 0.717) is 19.1 Å². The van der Waals surface area contributed by atoms with E-state index in [1.807, 2.05) is 16.3 Å². The van der Waals surface area contributed by atoms with Crippen LogP contribution < -0.4 is 0 Å².